The van der Waals surface area contributed by atoms with Gasteiger partial charge in [0.1, 0.15) is 17.8 Å². The number of carbonyl (C=O) groups is 4. The number of aliphatic hydroxyl groups is 3. The highest BCUT2D eigenvalue weighted by molar-refractivity contribution is 5.95. The predicted octanol–water partition coefficient (Wildman–Crippen LogP) is 1.65. The smallest absolute Gasteiger partial charge is 0.338 e. The van der Waals surface area contributed by atoms with Crippen molar-refractivity contribution in [1.82, 2.24) is 0 Å². The minimum absolute atomic E-state index is 0.110. The Kier molecular flexibility index (Phi) is 7.20. The number of hydrogen-bond donors (Lipinski definition) is 3. The summed E-state index contributed by atoms with van der Waals surface area (Å²) in [5.74, 6) is -4.41. The van der Waals surface area contributed by atoms with Crippen LogP contribution in [0.5, 0.6) is 0 Å². The Morgan fingerprint density at radius 2 is 1.64 bits per heavy atom. The molecule has 3 aliphatic carbocycles. The lowest BCUT2D eigenvalue weighted by molar-refractivity contribution is -0.345. The third-order valence-corrected chi connectivity index (χ3v) is 10.2. The second-order valence-corrected chi connectivity index (χ2v) is 12.8. The maximum absolute atomic E-state index is 14.8. The van der Waals surface area contributed by atoms with E-state index in [-0.39, 0.29) is 30.6 Å². The van der Waals surface area contributed by atoms with Crippen molar-refractivity contribution < 1.29 is 53.4 Å². The number of hydrogen-bond acceptors (Lipinski definition) is 11. The van der Waals surface area contributed by atoms with Crippen LogP contribution in [0.2, 0.25) is 0 Å². The number of ketones is 1. The van der Waals surface area contributed by atoms with Crippen molar-refractivity contribution in [3.8, 4) is 0 Å². The quantitative estimate of drug-likeness (QED) is 0.267. The lowest BCUT2D eigenvalue weighted by Crippen LogP contribution is -2.81. The number of benzene rings is 1. The van der Waals surface area contributed by atoms with Gasteiger partial charge >= 0.3 is 17.9 Å². The second-order valence-electron chi connectivity index (χ2n) is 12.8. The van der Waals surface area contributed by atoms with E-state index in [0.29, 0.717) is 5.57 Å². The minimum atomic E-state index is -2.11. The standard InChI is InChI=1S/C31H38O11/c1-15-19(34)13-31(38)26(41-27(37)18-10-8-7-9-11-18)24-29(6,20(35)12-21-30(24,14-39-21)42-17(3)33)25(36)23(40-16(2)32)22(15)28(31,4)5/h7-11,19-21,23-24,26,34-35,38H,12-14H2,1-6H3/t19?,20?,21?,23?,24?,26?,29-,30+,31-/m1/s1. The van der Waals surface area contributed by atoms with Crippen LogP contribution >= 0.6 is 0 Å². The molecule has 42 heavy (non-hydrogen) atoms. The molecule has 2 bridgehead atoms. The molecule has 0 aromatic heterocycles. The van der Waals surface area contributed by atoms with Crippen LogP contribution in [0.1, 0.15) is 64.7 Å². The Balaban J connectivity index is 1.84. The normalized spacial score (nSPS) is 40.4. The van der Waals surface area contributed by atoms with Crippen molar-refractivity contribution in [3.63, 3.8) is 0 Å². The SMILES string of the molecule is CC(=O)OC1C(=O)[C@]2(C)C(O)CC3OC[C@@]3(OC(C)=O)C2C(OC(=O)c2ccccc2)[C@]2(O)CC(O)C(C)=C1C2(C)C. The summed E-state index contributed by atoms with van der Waals surface area (Å²) in [7, 11) is 0. The maximum Gasteiger partial charge on any atom is 0.338 e. The van der Waals surface area contributed by atoms with E-state index in [4.69, 9.17) is 18.9 Å². The molecule has 228 valence electrons. The fraction of sp³-hybridized carbons (Fsp3) is 0.613. The van der Waals surface area contributed by atoms with Gasteiger partial charge < -0.3 is 34.3 Å². The molecule has 2 saturated carbocycles. The van der Waals surface area contributed by atoms with Crippen molar-refractivity contribution >= 4 is 23.7 Å². The van der Waals surface area contributed by atoms with Crippen LogP contribution in [0.4, 0.5) is 0 Å². The van der Waals surface area contributed by atoms with Crippen LogP contribution in [0.3, 0.4) is 0 Å². The first-order valence-electron chi connectivity index (χ1n) is 14.1. The monoisotopic (exact) mass is 586 g/mol. The van der Waals surface area contributed by atoms with Gasteiger partial charge in [-0.15, -0.1) is 0 Å². The molecule has 3 fully saturated rings. The van der Waals surface area contributed by atoms with Crippen LogP contribution in [-0.4, -0.2) is 87.3 Å². The molecule has 3 N–H and O–H groups in total. The molecule has 11 nitrogen and oxygen atoms in total. The molecule has 5 rings (SSSR count). The van der Waals surface area contributed by atoms with E-state index >= 15 is 0 Å². The van der Waals surface area contributed by atoms with Gasteiger partial charge in [-0.25, -0.2) is 4.79 Å². The Bertz CT molecular complexity index is 1350. The van der Waals surface area contributed by atoms with E-state index in [1.54, 1.807) is 39.0 Å². The third kappa shape index (κ3) is 4.08. The highest BCUT2D eigenvalue weighted by Gasteiger charge is 2.78. The molecule has 1 saturated heterocycles. The zero-order valence-electron chi connectivity index (χ0n) is 24.6. The highest BCUT2D eigenvalue weighted by Crippen LogP contribution is 2.64. The molecule has 0 spiro atoms. The number of esters is 3. The summed E-state index contributed by atoms with van der Waals surface area (Å²) in [4.78, 5) is 53.4. The molecular formula is C31H38O11. The zero-order chi connectivity index (χ0) is 31.0. The van der Waals surface area contributed by atoms with Gasteiger partial charge in [-0.05, 0) is 37.1 Å². The van der Waals surface area contributed by atoms with Crippen molar-refractivity contribution in [3.05, 3.63) is 47.0 Å². The van der Waals surface area contributed by atoms with E-state index in [1.807, 2.05) is 0 Å². The van der Waals surface area contributed by atoms with Gasteiger partial charge in [0.15, 0.2) is 17.5 Å². The number of ether oxygens (including phenoxy) is 4. The van der Waals surface area contributed by atoms with Gasteiger partial charge in [-0.2, -0.15) is 0 Å². The van der Waals surface area contributed by atoms with Gasteiger partial charge in [0, 0.05) is 32.1 Å². The van der Waals surface area contributed by atoms with Gasteiger partial charge in [0.05, 0.1) is 35.7 Å². The second kappa shape index (κ2) is 9.97. The first kappa shape index (κ1) is 30.3. The summed E-state index contributed by atoms with van der Waals surface area (Å²) in [6.45, 7) is 8.42. The van der Waals surface area contributed by atoms with Gasteiger partial charge in [-0.1, -0.05) is 32.0 Å². The Labute approximate surface area is 243 Å². The van der Waals surface area contributed by atoms with Crippen LogP contribution in [-0.2, 0) is 33.3 Å². The fourth-order valence-corrected chi connectivity index (χ4v) is 7.91. The third-order valence-electron chi connectivity index (χ3n) is 10.2. The van der Waals surface area contributed by atoms with Gasteiger partial charge in [-0.3, -0.25) is 14.4 Å². The van der Waals surface area contributed by atoms with Crippen LogP contribution in [0, 0.1) is 16.7 Å². The van der Waals surface area contributed by atoms with E-state index in [2.05, 4.69) is 0 Å². The lowest BCUT2D eigenvalue weighted by atomic mass is 9.44. The molecule has 1 aromatic rings. The van der Waals surface area contributed by atoms with Gasteiger partial charge in [0.2, 0.25) is 0 Å². The average Bonchev–Trinajstić information content (AvgIpc) is 2.90. The number of carbonyl (C=O) groups excluding carboxylic acids is 4. The largest absolute Gasteiger partial charge is 0.455 e. The first-order valence-corrected chi connectivity index (χ1v) is 14.1. The summed E-state index contributed by atoms with van der Waals surface area (Å²) < 4.78 is 23.5. The summed E-state index contributed by atoms with van der Waals surface area (Å²) in [6.07, 6.45) is -7.27. The topological polar surface area (TPSA) is 166 Å². The fourth-order valence-electron chi connectivity index (χ4n) is 7.91. The van der Waals surface area contributed by atoms with Crippen molar-refractivity contribution in [2.45, 2.75) is 96.1 Å². The molecule has 6 unspecified atom stereocenters. The van der Waals surface area contributed by atoms with Crippen LogP contribution in [0.25, 0.3) is 0 Å². The number of rotatable bonds is 4. The van der Waals surface area contributed by atoms with E-state index < -0.39 is 82.2 Å². The summed E-state index contributed by atoms with van der Waals surface area (Å²) in [5, 5.41) is 35.8. The van der Waals surface area contributed by atoms with Crippen molar-refractivity contribution in [2.75, 3.05) is 6.61 Å². The molecule has 1 aliphatic heterocycles. The molecule has 1 aromatic carbocycles. The van der Waals surface area contributed by atoms with Gasteiger partial charge in [0.25, 0.3) is 0 Å². The van der Waals surface area contributed by atoms with Crippen LogP contribution in [0.15, 0.2) is 41.5 Å². The summed E-state index contributed by atoms with van der Waals surface area (Å²) in [5.41, 5.74) is -6.38. The molecular weight excluding hydrogens is 548 g/mol. The Morgan fingerprint density at radius 1 is 1.00 bits per heavy atom. The Morgan fingerprint density at radius 3 is 2.19 bits per heavy atom. The van der Waals surface area contributed by atoms with E-state index in [0.717, 1.165) is 6.92 Å². The van der Waals surface area contributed by atoms with E-state index in [9.17, 15) is 34.5 Å². The zero-order valence-corrected chi connectivity index (χ0v) is 24.6. The predicted molar refractivity (Wildman–Crippen MR) is 145 cm³/mol. The minimum Gasteiger partial charge on any atom is -0.455 e. The maximum atomic E-state index is 14.8. The first-order chi connectivity index (χ1) is 19.5. The molecule has 9 atom stereocenters. The number of Topliss-reactive ketones (excluding diaryl/α,β-unsaturated/α-hetero) is 1. The average molecular weight is 587 g/mol. The number of fused-ring (bicyclic) bond motifs is 5. The molecule has 11 heteroatoms. The molecule has 4 aliphatic rings. The highest BCUT2D eigenvalue weighted by atomic mass is 16.6. The molecule has 0 radical (unpaired) electrons. The van der Waals surface area contributed by atoms with Crippen molar-refractivity contribution in [1.29, 1.82) is 0 Å². The van der Waals surface area contributed by atoms with E-state index in [1.165, 1.54) is 26.0 Å². The summed E-state index contributed by atoms with van der Waals surface area (Å²) >= 11 is 0. The Hall–Kier alpha value is -3.12. The lowest BCUT2D eigenvalue weighted by Gasteiger charge is -2.67. The molecule has 0 amide bonds. The molecule has 1 heterocycles. The van der Waals surface area contributed by atoms with Crippen molar-refractivity contribution in [2.24, 2.45) is 16.7 Å². The number of aliphatic hydroxyl groups excluding tert-OH is 2. The van der Waals surface area contributed by atoms with Crippen LogP contribution < -0.4 is 0 Å². The summed E-state index contributed by atoms with van der Waals surface area (Å²) in [6, 6.07) is 8.05.